The molecule has 2 aromatic rings. The number of hydrogen-bond acceptors (Lipinski definition) is 9. The molecule has 1 aromatic carbocycles. The third kappa shape index (κ3) is 4.17. The van der Waals surface area contributed by atoms with Crippen LogP contribution in [0.15, 0.2) is 30.6 Å². The van der Waals surface area contributed by atoms with Gasteiger partial charge in [-0.3, -0.25) is 25.6 Å². The Morgan fingerprint density at radius 1 is 1.14 bits per heavy atom. The Morgan fingerprint density at radius 3 is 2.58 bits per heavy atom. The van der Waals surface area contributed by atoms with E-state index in [0.717, 1.165) is 17.5 Å². The molecule has 5 atom stereocenters. The second kappa shape index (κ2) is 9.77. The Kier molecular flexibility index (Phi) is 6.50. The van der Waals surface area contributed by atoms with Gasteiger partial charge in [-0.2, -0.15) is 5.06 Å². The molecule has 1 aromatic heterocycles. The molecule has 15 heteroatoms. The SMILES string of the molecule is Cc1cnc(C(=O)NCC2NC(=N)N3CC(NC(=O)c4cccc5c4OCCC5(C)C)[C@](C)(O)[C@]34C2NC(=N)N4O)nc1. The van der Waals surface area contributed by atoms with Crippen LogP contribution in [0.25, 0.3) is 0 Å². The van der Waals surface area contributed by atoms with Crippen LogP contribution < -0.4 is 26.0 Å². The van der Waals surface area contributed by atoms with Gasteiger partial charge in [0, 0.05) is 31.0 Å². The minimum absolute atomic E-state index is 0.0326. The number of para-hydroxylation sites is 1. The summed E-state index contributed by atoms with van der Waals surface area (Å²) in [6, 6.07) is 2.77. The van der Waals surface area contributed by atoms with Crippen molar-refractivity contribution in [3.05, 3.63) is 53.1 Å². The van der Waals surface area contributed by atoms with Gasteiger partial charge in [-0.1, -0.05) is 26.0 Å². The zero-order chi connectivity index (χ0) is 30.9. The summed E-state index contributed by atoms with van der Waals surface area (Å²) < 4.78 is 5.93. The fraction of sp³-hybridized carbons (Fsp3) is 0.500. The van der Waals surface area contributed by atoms with Crippen molar-refractivity contribution >= 4 is 23.7 Å². The predicted molar refractivity (Wildman–Crippen MR) is 153 cm³/mol. The number of carbonyl (C=O) groups excluding carboxylic acids is 2. The molecule has 4 aliphatic heterocycles. The van der Waals surface area contributed by atoms with Gasteiger partial charge >= 0.3 is 0 Å². The van der Waals surface area contributed by atoms with Crippen molar-refractivity contribution in [2.24, 2.45) is 0 Å². The van der Waals surface area contributed by atoms with Crippen LogP contribution in [-0.2, 0) is 5.41 Å². The highest BCUT2D eigenvalue weighted by atomic mass is 16.5. The highest BCUT2D eigenvalue weighted by Gasteiger charge is 2.75. The van der Waals surface area contributed by atoms with Crippen LogP contribution in [-0.4, -0.2) is 103 Å². The van der Waals surface area contributed by atoms with Crippen molar-refractivity contribution in [1.82, 2.24) is 41.2 Å². The molecule has 3 unspecified atom stereocenters. The number of aliphatic hydroxyl groups is 1. The first-order valence-electron chi connectivity index (χ1n) is 14.1. The quantitative estimate of drug-likeness (QED) is 0.225. The van der Waals surface area contributed by atoms with Gasteiger partial charge < -0.3 is 36.0 Å². The zero-order valence-electron chi connectivity index (χ0n) is 24.4. The van der Waals surface area contributed by atoms with Crippen LogP contribution >= 0.6 is 0 Å². The third-order valence-electron chi connectivity index (χ3n) is 9.19. The van der Waals surface area contributed by atoms with E-state index in [1.807, 2.05) is 6.07 Å². The number of guanidine groups is 2. The Morgan fingerprint density at radius 2 is 1.86 bits per heavy atom. The van der Waals surface area contributed by atoms with Gasteiger partial charge in [0.25, 0.3) is 11.8 Å². The molecule has 3 fully saturated rings. The molecular formula is C28H36N10O5. The molecule has 15 nitrogen and oxygen atoms in total. The number of carbonyl (C=O) groups is 2. The number of aromatic nitrogens is 2. The van der Waals surface area contributed by atoms with Gasteiger partial charge in [0.2, 0.25) is 11.8 Å². The monoisotopic (exact) mass is 592 g/mol. The van der Waals surface area contributed by atoms with E-state index in [2.05, 4.69) is 45.1 Å². The first kappa shape index (κ1) is 28.6. The lowest BCUT2D eigenvalue weighted by Crippen LogP contribution is -2.81. The first-order chi connectivity index (χ1) is 20.3. The van der Waals surface area contributed by atoms with E-state index in [9.17, 15) is 19.9 Å². The summed E-state index contributed by atoms with van der Waals surface area (Å²) in [6.45, 7) is 7.82. The van der Waals surface area contributed by atoms with E-state index < -0.39 is 47.2 Å². The normalized spacial score (nSPS) is 30.3. The summed E-state index contributed by atoms with van der Waals surface area (Å²) in [6.07, 6.45) is 3.85. The van der Waals surface area contributed by atoms with Crippen LogP contribution in [0.1, 0.15) is 59.3 Å². The Labute approximate surface area is 248 Å². The molecule has 5 heterocycles. The van der Waals surface area contributed by atoms with Crippen LogP contribution in [0.4, 0.5) is 0 Å². The molecule has 2 amide bonds. The highest BCUT2D eigenvalue weighted by Crippen LogP contribution is 2.48. The lowest BCUT2D eigenvalue weighted by molar-refractivity contribution is -0.218. The molecule has 0 saturated carbocycles. The molecule has 1 spiro atoms. The van der Waals surface area contributed by atoms with Gasteiger partial charge in [-0.15, -0.1) is 0 Å². The smallest absolute Gasteiger partial charge is 0.289 e. The second-order valence-corrected chi connectivity index (χ2v) is 12.4. The molecule has 43 heavy (non-hydrogen) atoms. The van der Waals surface area contributed by atoms with Crippen LogP contribution in [0.3, 0.4) is 0 Å². The van der Waals surface area contributed by atoms with Gasteiger partial charge in [0.05, 0.1) is 30.3 Å². The number of benzene rings is 1. The average Bonchev–Trinajstić information content (AvgIpc) is 3.37. The molecule has 3 saturated heterocycles. The first-order valence-corrected chi connectivity index (χ1v) is 14.1. The van der Waals surface area contributed by atoms with E-state index in [-0.39, 0.29) is 30.3 Å². The summed E-state index contributed by atoms with van der Waals surface area (Å²) in [5.41, 5.74) is -1.81. The number of rotatable bonds is 5. The molecule has 6 rings (SSSR count). The Bertz CT molecular complexity index is 1510. The zero-order valence-corrected chi connectivity index (χ0v) is 24.4. The summed E-state index contributed by atoms with van der Waals surface area (Å²) in [5.74, 6) is -1.10. The fourth-order valence-electron chi connectivity index (χ4n) is 6.76. The van der Waals surface area contributed by atoms with Crippen molar-refractivity contribution in [2.45, 2.75) is 68.9 Å². The molecule has 0 bridgehead atoms. The standard InChI is InChI=1S/C28H36N10O5/c1-14-10-31-21(32-11-14)23(40)33-12-17-20-28(38(42)25(30)36-20)27(4,41)18(13-37(28)24(29)34-17)35-22(39)15-6-5-7-16-19(15)43-9-8-26(16,2)3/h5-7,10-11,17-18,20,41-42H,8-9,12-13H2,1-4H3,(H2,29,34)(H2,30,36)(H,33,40)(H,35,39)/t17?,18?,20?,27-,28+/m0/s1. The number of amides is 2. The molecule has 4 aliphatic rings. The number of fused-ring (bicyclic) bond motifs is 1. The van der Waals surface area contributed by atoms with Crippen LogP contribution in [0.5, 0.6) is 5.75 Å². The number of nitrogens with zero attached hydrogens (tertiary/aromatic N) is 4. The number of hydroxylamine groups is 2. The van der Waals surface area contributed by atoms with E-state index in [4.69, 9.17) is 15.6 Å². The maximum Gasteiger partial charge on any atom is 0.289 e. The lowest BCUT2D eigenvalue weighted by Gasteiger charge is -2.53. The molecule has 0 radical (unpaired) electrons. The Hall–Kier alpha value is -4.50. The van der Waals surface area contributed by atoms with Gasteiger partial charge in [-0.25, -0.2) is 9.97 Å². The highest BCUT2D eigenvalue weighted by molar-refractivity contribution is 5.98. The predicted octanol–water partition coefficient (Wildman–Crippen LogP) is -0.359. The Balaban J connectivity index is 1.28. The number of hydrogen-bond donors (Lipinski definition) is 8. The number of aryl methyl sites for hydroxylation is 1. The van der Waals surface area contributed by atoms with E-state index in [1.165, 1.54) is 24.2 Å². The van der Waals surface area contributed by atoms with Gasteiger partial charge in [-0.05, 0) is 37.3 Å². The van der Waals surface area contributed by atoms with Gasteiger partial charge in [0.15, 0.2) is 11.6 Å². The lowest BCUT2D eigenvalue weighted by atomic mass is 9.77. The summed E-state index contributed by atoms with van der Waals surface area (Å²) >= 11 is 0. The van der Waals surface area contributed by atoms with Crippen molar-refractivity contribution in [3.8, 4) is 5.75 Å². The van der Waals surface area contributed by atoms with Crippen molar-refractivity contribution in [3.63, 3.8) is 0 Å². The minimum atomic E-state index is -1.90. The summed E-state index contributed by atoms with van der Waals surface area (Å²) in [5, 5.41) is 52.8. The fourth-order valence-corrected chi connectivity index (χ4v) is 6.76. The average molecular weight is 593 g/mol. The van der Waals surface area contributed by atoms with Crippen LogP contribution in [0, 0.1) is 17.7 Å². The van der Waals surface area contributed by atoms with Gasteiger partial charge in [0.1, 0.15) is 11.4 Å². The van der Waals surface area contributed by atoms with Crippen molar-refractivity contribution in [2.75, 3.05) is 19.7 Å². The number of nitrogens with one attached hydrogen (secondary N) is 6. The van der Waals surface area contributed by atoms with E-state index >= 15 is 0 Å². The van der Waals surface area contributed by atoms with Crippen molar-refractivity contribution < 1.29 is 24.6 Å². The molecule has 0 aliphatic carbocycles. The van der Waals surface area contributed by atoms with E-state index in [0.29, 0.717) is 23.0 Å². The topological polar surface area (TPSA) is 212 Å². The largest absolute Gasteiger partial charge is 0.492 e. The number of ether oxygens (including phenoxy) is 1. The minimum Gasteiger partial charge on any atom is -0.492 e. The second-order valence-electron chi connectivity index (χ2n) is 12.4. The maximum absolute atomic E-state index is 13.7. The van der Waals surface area contributed by atoms with Crippen molar-refractivity contribution in [1.29, 1.82) is 10.8 Å². The molecular weight excluding hydrogens is 556 g/mol. The van der Waals surface area contributed by atoms with Crippen LogP contribution in [0.2, 0.25) is 0 Å². The third-order valence-corrected chi connectivity index (χ3v) is 9.19. The maximum atomic E-state index is 13.7. The molecule has 8 N–H and O–H groups in total. The van der Waals surface area contributed by atoms with E-state index in [1.54, 1.807) is 19.1 Å². The molecule has 228 valence electrons. The summed E-state index contributed by atoms with van der Waals surface area (Å²) in [7, 11) is 0. The summed E-state index contributed by atoms with van der Waals surface area (Å²) in [4.78, 5) is 36.0.